The van der Waals surface area contributed by atoms with E-state index in [4.69, 9.17) is 12.2 Å². The van der Waals surface area contributed by atoms with Gasteiger partial charge in [0.25, 0.3) is 5.91 Å². The van der Waals surface area contributed by atoms with E-state index in [1.54, 1.807) is 11.3 Å². The number of hydrogen-bond donors (Lipinski definition) is 3. The summed E-state index contributed by atoms with van der Waals surface area (Å²) in [5.41, 5.74) is 8.96. The van der Waals surface area contributed by atoms with Crippen LogP contribution < -0.4 is 16.2 Å². The topological polar surface area (TPSA) is 53.2 Å². The van der Waals surface area contributed by atoms with Crippen LogP contribution >= 0.6 is 23.6 Å². The van der Waals surface area contributed by atoms with Gasteiger partial charge in [0.15, 0.2) is 5.11 Å². The summed E-state index contributed by atoms with van der Waals surface area (Å²) in [4.78, 5) is 13.9. The van der Waals surface area contributed by atoms with E-state index in [0.29, 0.717) is 23.0 Å². The third kappa shape index (κ3) is 5.08. The Labute approximate surface area is 170 Å². The highest BCUT2D eigenvalue weighted by molar-refractivity contribution is 7.80. The number of carbonyl (C=O) groups is 1. The fourth-order valence-corrected chi connectivity index (χ4v) is 4.73. The zero-order valence-corrected chi connectivity index (χ0v) is 17.7. The predicted molar refractivity (Wildman–Crippen MR) is 116 cm³/mol. The summed E-state index contributed by atoms with van der Waals surface area (Å²) in [6, 6.07) is 10.00. The first kappa shape index (κ1) is 19.8. The third-order valence-electron chi connectivity index (χ3n) is 5.21. The van der Waals surface area contributed by atoms with Gasteiger partial charge in [0.1, 0.15) is 0 Å². The SMILES string of the molecule is CC(C)(C)C1CCc2c(C(=O)NNC(=S)NCc3ccccc3)csc2C1. The van der Waals surface area contributed by atoms with Crippen LogP contribution in [0.1, 0.15) is 53.6 Å². The number of hydrogen-bond acceptors (Lipinski definition) is 3. The van der Waals surface area contributed by atoms with E-state index in [1.165, 1.54) is 10.4 Å². The lowest BCUT2D eigenvalue weighted by atomic mass is 9.72. The molecule has 0 aliphatic heterocycles. The molecule has 0 spiro atoms. The van der Waals surface area contributed by atoms with Crippen molar-refractivity contribution in [2.24, 2.45) is 11.3 Å². The molecule has 0 saturated carbocycles. The van der Waals surface area contributed by atoms with Crippen molar-refractivity contribution in [3.05, 3.63) is 57.3 Å². The quantitative estimate of drug-likeness (QED) is 0.533. The van der Waals surface area contributed by atoms with E-state index in [1.807, 2.05) is 35.7 Å². The monoisotopic (exact) mass is 401 g/mol. The zero-order valence-electron chi connectivity index (χ0n) is 16.1. The Bertz CT molecular complexity index is 809. The van der Waals surface area contributed by atoms with Gasteiger partial charge < -0.3 is 5.32 Å². The van der Waals surface area contributed by atoms with Crippen LogP contribution in [0.5, 0.6) is 0 Å². The standard InChI is InChI=1S/C21H27N3OS2/c1-21(2,3)15-9-10-16-17(13-27-18(16)11-15)19(25)23-24-20(26)22-12-14-7-5-4-6-8-14/h4-8,13,15H,9-12H2,1-3H3,(H,23,25)(H2,22,24,26). The molecule has 1 aromatic heterocycles. The van der Waals surface area contributed by atoms with Crippen molar-refractivity contribution in [1.29, 1.82) is 0 Å². The number of benzene rings is 1. The Hall–Kier alpha value is -1.92. The fourth-order valence-electron chi connectivity index (χ4n) is 3.45. The normalized spacial score (nSPS) is 16.3. The molecule has 0 fully saturated rings. The van der Waals surface area contributed by atoms with Crippen molar-refractivity contribution in [1.82, 2.24) is 16.2 Å². The zero-order chi connectivity index (χ0) is 19.4. The molecular weight excluding hydrogens is 374 g/mol. The Morgan fingerprint density at radius 1 is 1.22 bits per heavy atom. The summed E-state index contributed by atoms with van der Waals surface area (Å²) < 4.78 is 0. The van der Waals surface area contributed by atoms with Crippen LogP contribution in [0.3, 0.4) is 0 Å². The van der Waals surface area contributed by atoms with Gasteiger partial charge in [-0.2, -0.15) is 0 Å². The smallest absolute Gasteiger partial charge is 0.270 e. The van der Waals surface area contributed by atoms with Gasteiger partial charge in [-0.15, -0.1) is 11.3 Å². The van der Waals surface area contributed by atoms with Gasteiger partial charge in [-0.25, -0.2) is 0 Å². The number of nitrogens with one attached hydrogen (secondary N) is 3. The van der Waals surface area contributed by atoms with Crippen molar-refractivity contribution < 1.29 is 4.79 Å². The number of carbonyl (C=O) groups excluding carboxylic acids is 1. The number of fused-ring (bicyclic) bond motifs is 1. The van der Waals surface area contributed by atoms with E-state index >= 15 is 0 Å². The highest BCUT2D eigenvalue weighted by Gasteiger charge is 2.31. The lowest BCUT2D eigenvalue weighted by Crippen LogP contribution is -2.46. The molecular formula is C21H27N3OS2. The first-order valence-electron chi connectivity index (χ1n) is 9.32. The van der Waals surface area contributed by atoms with E-state index in [0.717, 1.165) is 30.4 Å². The molecule has 0 bridgehead atoms. The molecule has 27 heavy (non-hydrogen) atoms. The van der Waals surface area contributed by atoms with Crippen LogP contribution in [-0.4, -0.2) is 11.0 Å². The average Bonchev–Trinajstić information content (AvgIpc) is 3.08. The summed E-state index contributed by atoms with van der Waals surface area (Å²) in [6.07, 6.45) is 3.18. The molecule has 4 nitrogen and oxygen atoms in total. The number of thiophene rings is 1. The van der Waals surface area contributed by atoms with Crippen LogP contribution in [0.2, 0.25) is 0 Å². The molecule has 1 aromatic carbocycles. The molecule has 3 rings (SSSR count). The molecule has 3 N–H and O–H groups in total. The summed E-state index contributed by atoms with van der Waals surface area (Å²) in [5, 5.41) is 5.48. The van der Waals surface area contributed by atoms with Crippen LogP contribution in [0.4, 0.5) is 0 Å². The van der Waals surface area contributed by atoms with Gasteiger partial charge in [-0.05, 0) is 53.9 Å². The van der Waals surface area contributed by atoms with Gasteiger partial charge in [-0.1, -0.05) is 51.1 Å². The first-order valence-corrected chi connectivity index (χ1v) is 10.6. The number of hydrazine groups is 1. The molecule has 1 amide bonds. The van der Waals surface area contributed by atoms with E-state index < -0.39 is 0 Å². The second-order valence-electron chi connectivity index (χ2n) is 8.10. The Morgan fingerprint density at radius 2 is 1.96 bits per heavy atom. The first-order chi connectivity index (χ1) is 12.8. The molecule has 0 saturated heterocycles. The maximum atomic E-state index is 12.6. The highest BCUT2D eigenvalue weighted by Crippen LogP contribution is 2.40. The van der Waals surface area contributed by atoms with Crippen LogP contribution in [0, 0.1) is 11.3 Å². The molecule has 1 aliphatic carbocycles. The van der Waals surface area contributed by atoms with Crippen molar-refractivity contribution in [3.63, 3.8) is 0 Å². The second-order valence-corrected chi connectivity index (χ2v) is 9.48. The fraction of sp³-hybridized carbons (Fsp3) is 0.429. The van der Waals surface area contributed by atoms with Gasteiger partial charge >= 0.3 is 0 Å². The van der Waals surface area contributed by atoms with Crippen molar-refractivity contribution >= 4 is 34.6 Å². The van der Waals surface area contributed by atoms with Crippen LogP contribution in [0.15, 0.2) is 35.7 Å². The molecule has 2 aromatic rings. The molecule has 1 aliphatic rings. The summed E-state index contributed by atoms with van der Waals surface area (Å²) >= 11 is 6.95. The Balaban J connectivity index is 1.52. The highest BCUT2D eigenvalue weighted by atomic mass is 32.1. The minimum absolute atomic E-state index is 0.120. The van der Waals surface area contributed by atoms with E-state index in [-0.39, 0.29) is 5.91 Å². The van der Waals surface area contributed by atoms with Crippen LogP contribution in [0.25, 0.3) is 0 Å². The van der Waals surface area contributed by atoms with Crippen molar-refractivity contribution in [2.45, 2.75) is 46.6 Å². The second kappa shape index (κ2) is 8.40. The minimum Gasteiger partial charge on any atom is -0.357 e. The number of amides is 1. The van der Waals surface area contributed by atoms with Crippen LogP contribution in [-0.2, 0) is 19.4 Å². The molecule has 0 radical (unpaired) electrons. The van der Waals surface area contributed by atoms with Crippen molar-refractivity contribution in [3.8, 4) is 0 Å². The van der Waals surface area contributed by atoms with E-state index in [9.17, 15) is 4.79 Å². The summed E-state index contributed by atoms with van der Waals surface area (Å²) in [5.74, 6) is 0.554. The Morgan fingerprint density at radius 3 is 2.67 bits per heavy atom. The maximum absolute atomic E-state index is 12.6. The molecule has 1 atom stereocenters. The number of thiocarbonyl (C=S) groups is 1. The van der Waals surface area contributed by atoms with Gasteiger partial charge in [0.2, 0.25) is 0 Å². The minimum atomic E-state index is -0.120. The van der Waals surface area contributed by atoms with Gasteiger partial charge in [0.05, 0.1) is 5.56 Å². The summed E-state index contributed by atoms with van der Waals surface area (Å²) in [6.45, 7) is 7.52. The Kier molecular flexibility index (Phi) is 6.17. The summed E-state index contributed by atoms with van der Waals surface area (Å²) in [7, 11) is 0. The maximum Gasteiger partial charge on any atom is 0.270 e. The number of rotatable bonds is 3. The average molecular weight is 402 g/mol. The third-order valence-corrected chi connectivity index (χ3v) is 6.51. The van der Waals surface area contributed by atoms with E-state index in [2.05, 4.69) is 36.9 Å². The van der Waals surface area contributed by atoms with Crippen molar-refractivity contribution in [2.75, 3.05) is 0 Å². The van der Waals surface area contributed by atoms with Gasteiger partial charge in [0, 0.05) is 16.8 Å². The molecule has 1 unspecified atom stereocenters. The lowest BCUT2D eigenvalue weighted by molar-refractivity contribution is 0.0942. The molecule has 144 valence electrons. The predicted octanol–water partition coefficient (Wildman–Crippen LogP) is 4.21. The largest absolute Gasteiger partial charge is 0.357 e. The lowest BCUT2D eigenvalue weighted by Gasteiger charge is -2.34. The van der Waals surface area contributed by atoms with Gasteiger partial charge in [-0.3, -0.25) is 15.6 Å². The molecule has 1 heterocycles. The molecule has 6 heteroatoms.